The number of rotatable bonds is 7. The molecule has 0 unspecified atom stereocenters. The second-order valence-electron chi connectivity index (χ2n) is 8.59. The number of methoxy groups -OCH3 is 1. The molecule has 0 fully saturated rings. The molecule has 1 aromatic heterocycles. The Bertz CT molecular complexity index is 1450. The van der Waals surface area contributed by atoms with Gasteiger partial charge in [0.05, 0.1) is 35.6 Å². The van der Waals surface area contributed by atoms with E-state index < -0.39 is 12.0 Å². The predicted molar refractivity (Wildman–Crippen MR) is 141 cm³/mol. The molecule has 2 aromatic carbocycles. The number of hydrogen-bond donors (Lipinski definition) is 0. The molecule has 6 nitrogen and oxygen atoms in total. The van der Waals surface area contributed by atoms with Crippen LogP contribution >= 0.6 is 27.3 Å². The topological polar surface area (TPSA) is 69.9 Å². The zero-order valence-corrected chi connectivity index (χ0v) is 22.5. The highest BCUT2D eigenvalue weighted by molar-refractivity contribution is 9.10. The molecule has 182 valence electrons. The lowest BCUT2D eigenvalue weighted by atomic mass is 9.95. The maximum Gasteiger partial charge on any atom is 0.338 e. The Kier molecular flexibility index (Phi) is 7.72. The highest BCUT2D eigenvalue weighted by atomic mass is 79.9. The van der Waals surface area contributed by atoms with Gasteiger partial charge in [0.15, 0.2) is 4.80 Å². The molecule has 35 heavy (non-hydrogen) atoms. The van der Waals surface area contributed by atoms with Gasteiger partial charge in [0.1, 0.15) is 5.75 Å². The number of carbonyl (C=O) groups is 1. The van der Waals surface area contributed by atoms with Gasteiger partial charge in [-0.1, -0.05) is 78.4 Å². The van der Waals surface area contributed by atoms with Crippen molar-refractivity contribution in [2.45, 2.75) is 33.2 Å². The monoisotopic (exact) mass is 554 g/mol. The number of halogens is 1. The van der Waals surface area contributed by atoms with Gasteiger partial charge in [-0.05, 0) is 42.2 Å². The number of nitrogens with zero attached hydrogens (tertiary/aromatic N) is 2. The second kappa shape index (κ2) is 10.7. The van der Waals surface area contributed by atoms with Crippen molar-refractivity contribution in [3.8, 4) is 5.75 Å². The van der Waals surface area contributed by atoms with Gasteiger partial charge in [-0.15, -0.1) is 0 Å². The lowest BCUT2D eigenvalue weighted by molar-refractivity contribution is -0.136. The number of esters is 1. The van der Waals surface area contributed by atoms with Gasteiger partial charge in [-0.2, -0.15) is 0 Å². The van der Waals surface area contributed by atoms with Crippen molar-refractivity contribution in [3.05, 3.63) is 95.1 Å². The first-order valence-corrected chi connectivity index (χ1v) is 13.0. The molecule has 1 aliphatic rings. The SMILES string of the molecule is CCC1=C(C(=O)OC)[C@@H](c2ccccc2)n2c(s/c(=C/c3cc(Br)ccc3OCC(C)C)c2=O)=N1. The minimum absolute atomic E-state index is 0.214. The summed E-state index contributed by atoms with van der Waals surface area (Å²) >= 11 is 4.83. The fourth-order valence-corrected chi connectivity index (χ4v) is 5.37. The number of ether oxygens (including phenoxy) is 2. The molecule has 0 radical (unpaired) electrons. The van der Waals surface area contributed by atoms with Crippen molar-refractivity contribution in [1.82, 2.24) is 4.57 Å². The van der Waals surface area contributed by atoms with Crippen molar-refractivity contribution in [2.75, 3.05) is 13.7 Å². The Balaban J connectivity index is 1.94. The standard InChI is InChI=1S/C27H27BrN2O4S/c1-5-20-23(26(32)33-4)24(17-9-7-6-8-10-17)30-25(31)22(35-27(30)29-20)14-18-13-19(28)11-12-21(18)34-15-16(2)3/h6-14,16,24H,5,15H2,1-4H3/b22-14+/t24-/m1/s1. The minimum atomic E-state index is -0.615. The number of hydrogen-bond acceptors (Lipinski definition) is 6. The highest BCUT2D eigenvalue weighted by Crippen LogP contribution is 2.31. The first kappa shape index (κ1) is 25.1. The molecule has 0 spiro atoms. The summed E-state index contributed by atoms with van der Waals surface area (Å²) in [5, 5.41) is 0. The first-order valence-electron chi connectivity index (χ1n) is 11.4. The van der Waals surface area contributed by atoms with Crippen LogP contribution < -0.4 is 19.6 Å². The van der Waals surface area contributed by atoms with Crippen LogP contribution in [-0.2, 0) is 9.53 Å². The zero-order valence-electron chi connectivity index (χ0n) is 20.1. The van der Waals surface area contributed by atoms with Crippen LogP contribution in [0, 0.1) is 5.92 Å². The number of aromatic nitrogens is 1. The summed E-state index contributed by atoms with van der Waals surface area (Å²) in [4.78, 5) is 31.9. The van der Waals surface area contributed by atoms with Crippen molar-refractivity contribution < 1.29 is 14.3 Å². The Labute approximate surface area is 216 Å². The van der Waals surface area contributed by atoms with Gasteiger partial charge in [-0.3, -0.25) is 9.36 Å². The third-order valence-electron chi connectivity index (χ3n) is 5.60. The zero-order chi connectivity index (χ0) is 25.1. The van der Waals surface area contributed by atoms with Crippen LogP contribution in [-0.4, -0.2) is 24.3 Å². The van der Waals surface area contributed by atoms with Crippen LogP contribution in [0.25, 0.3) is 6.08 Å². The molecular formula is C27H27BrN2O4S. The fraction of sp³-hybridized carbons (Fsp3) is 0.296. The van der Waals surface area contributed by atoms with Gasteiger partial charge in [0.2, 0.25) is 0 Å². The Morgan fingerprint density at radius 1 is 1.23 bits per heavy atom. The van der Waals surface area contributed by atoms with E-state index in [2.05, 4.69) is 29.8 Å². The molecule has 2 heterocycles. The van der Waals surface area contributed by atoms with E-state index in [-0.39, 0.29) is 5.56 Å². The molecule has 8 heteroatoms. The lowest BCUT2D eigenvalue weighted by Crippen LogP contribution is -2.40. The van der Waals surface area contributed by atoms with E-state index in [4.69, 9.17) is 14.5 Å². The average molecular weight is 555 g/mol. The van der Waals surface area contributed by atoms with Crippen LogP contribution in [0.5, 0.6) is 5.75 Å². The maximum atomic E-state index is 13.8. The summed E-state index contributed by atoms with van der Waals surface area (Å²) < 4.78 is 14.1. The van der Waals surface area contributed by atoms with Crippen LogP contribution in [0.15, 0.2) is 74.1 Å². The summed E-state index contributed by atoms with van der Waals surface area (Å²) in [5.41, 5.74) is 2.42. The van der Waals surface area contributed by atoms with Crippen LogP contribution in [0.2, 0.25) is 0 Å². The Morgan fingerprint density at radius 2 is 1.97 bits per heavy atom. The van der Waals surface area contributed by atoms with Gasteiger partial charge in [0, 0.05) is 10.0 Å². The van der Waals surface area contributed by atoms with Crippen molar-refractivity contribution in [1.29, 1.82) is 0 Å². The average Bonchev–Trinajstić information content (AvgIpc) is 3.16. The van der Waals surface area contributed by atoms with Gasteiger partial charge >= 0.3 is 5.97 Å². The van der Waals surface area contributed by atoms with E-state index in [1.54, 1.807) is 4.57 Å². The van der Waals surface area contributed by atoms with Crippen LogP contribution in [0.4, 0.5) is 0 Å². The van der Waals surface area contributed by atoms with Crippen molar-refractivity contribution in [2.24, 2.45) is 10.9 Å². The molecule has 0 amide bonds. The van der Waals surface area contributed by atoms with Gasteiger partial charge < -0.3 is 9.47 Å². The molecule has 4 rings (SSSR count). The van der Waals surface area contributed by atoms with Gasteiger partial charge in [-0.25, -0.2) is 9.79 Å². The van der Waals surface area contributed by atoms with Crippen molar-refractivity contribution in [3.63, 3.8) is 0 Å². The quantitative estimate of drug-likeness (QED) is 0.400. The van der Waals surface area contributed by atoms with E-state index in [1.165, 1.54) is 18.4 Å². The fourth-order valence-electron chi connectivity index (χ4n) is 3.98. The van der Waals surface area contributed by atoms with Crippen molar-refractivity contribution >= 4 is 39.3 Å². The molecule has 1 atom stereocenters. The molecule has 0 saturated carbocycles. The number of benzene rings is 2. The second-order valence-corrected chi connectivity index (χ2v) is 10.5. The highest BCUT2D eigenvalue weighted by Gasteiger charge is 2.33. The lowest BCUT2D eigenvalue weighted by Gasteiger charge is -2.25. The summed E-state index contributed by atoms with van der Waals surface area (Å²) in [6.07, 6.45) is 2.37. The van der Waals surface area contributed by atoms with E-state index >= 15 is 0 Å². The third-order valence-corrected chi connectivity index (χ3v) is 7.07. The largest absolute Gasteiger partial charge is 0.493 e. The van der Waals surface area contributed by atoms with E-state index in [0.29, 0.717) is 45.3 Å². The molecular weight excluding hydrogens is 528 g/mol. The number of allylic oxidation sites excluding steroid dienone is 1. The summed E-state index contributed by atoms with van der Waals surface area (Å²) in [6.45, 7) is 6.69. The van der Waals surface area contributed by atoms with Crippen LogP contribution in [0.3, 0.4) is 0 Å². The van der Waals surface area contributed by atoms with E-state index in [0.717, 1.165) is 15.6 Å². The first-order chi connectivity index (χ1) is 16.8. The Morgan fingerprint density at radius 3 is 2.63 bits per heavy atom. The van der Waals surface area contributed by atoms with E-state index in [9.17, 15) is 9.59 Å². The molecule has 0 saturated heterocycles. The molecule has 0 N–H and O–H groups in total. The smallest absolute Gasteiger partial charge is 0.338 e. The predicted octanol–water partition coefficient (Wildman–Crippen LogP) is 4.60. The maximum absolute atomic E-state index is 13.8. The van der Waals surface area contributed by atoms with Gasteiger partial charge in [0.25, 0.3) is 5.56 Å². The number of thiazole rings is 1. The van der Waals surface area contributed by atoms with Crippen LogP contribution in [0.1, 0.15) is 44.4 Å². The van der Waals surface area contributed by atoms with E-state index in [1.807, 2.05) is 61.5 Å². The molecule has 1 aliphatic heterocycles. The third kappa shape index (κ3) is 5.18. The molecule has 0 bridgehead atoms. The molecule has 0 aliphatic carbocycles. The summed E-state index contributed by atoms with van der Waals surface area (Å²) in [6, 6.07) is 14.6. The Hall–Kier alpha value is -2.97. The number of fused-ring (bicyclic) bond motifs is 1. The summed E-state index contributed by atoms with van der Waals surface area (Å²) in [5.74, 6) is 0.592. The minimum Gasteiger partial charge on any atom is -0.493 e. The normalized spacial score (nSPS) is 15.7. The molecule has 3 aromatic rings. The number of carbonyl (C=O) groups excluding carboxylic acids is 1. The summed E-state index contributed by atoms with van der Waals surface area (Å²) in [7, 11) is 1.35.